The van der Waals surface area contributed by atoms with Crippen molar-refractivity contribution in [1.82, 2.24) is 0 Å². The van der Waals surface area contributed by atoms with Crippen LogP contribution in [0.3, 0.4) is 0 Å². The van der Waals surface area contributed by atoms with Crippen molar-refractivity contribution in [2.45, 2.75) is 0 Å². The number of para-hydroxylation sites is 1. The molecule has 0 saturated carbocycles. The molecule has 1 N–H and O–H groups in total. The van der Waals surface area contributed by atoms with Gasteiger partial charge < -0.3 is 10.0 Å². The average molecular weight is 278 g/mol. The number of benzene rings is 2. The lowest BCUT2D eigenvalue weighted by atomic mass is 10.1. The summed E-state index contributed by atoms with van der Waals surface area (Å²) >= 11 is 0. The third-order valence-electron chi connectivity index (χ3n) is 3.00. The monoisotopic (exact) mass is 278 g/mol. The Bertz CT molecular complexity index is 698. The number of nitriles is 1. The Kier molecular flexibility index (Phi) is 4.37. The molecule has 2 rings (SSSR count). The lowest BCUT2D eigenvalue weighted by molar-refractivity contribution is -0.114. The standard InChI is InChI=1S/C17H14N2O2/c1-19(15-5-3-2-4-6-15)17(21)14(12-18)11-13-7-9-16(20)10-8-13/h2-11,20H,1H3/b14-11+. The molecule has 0 aromatic heterocycles. The quantitative estimate of drug-likeness (QED) is 0.693. The molecular weight excluding hydrogens is 264 g/mol. The Morgan fingerprint density at radius 2 is 1.76 bits per heavy atom. The fraction of sp³-hybridized carbons (Fsp3) is 0.0588. The van der Waals surface area contributed by atoms with Crippen LogP contribution in [0.1, 0.15) is 5.56 Å². The maximum absolute atomic E-state index is 12.3. The first-order valence-electron chi connectivity index (χ1n) is 6.36. The maximum atomic E-state index is 12.3. The zero-order chi connectivity index (χ0) is 15.2. The van der Waals surface area contributed by atoms with Crippen LogP contribution >= 0.6 is 0 Å². The number of rotatable bonds is 3. The van der Waals surface area contributed by atoms with Gasteiger partial charge in [-0.15, -0.1) is 0 Å². The lowest BCUT2D eigenvalue weighted by Crippen LogP contribution is -2.27. The number of carbonyl (C=O) groups is 1. The zero-order valence-electron chi connectivity index (χ0n) is 11.5. The summed E-state index contributed by atoms with van der Waals surface area (Å²) in [5.41, 5.74) is 1.43. The molecular formula is C17H14N2O2. The Balaban J connectivity index is 2.27. The number of hydrogen-bond acceptors (Lipinski definition) is 3. The highest BCUT2D eigenvalue weighted by molar-refractivity contribution is 6.10. The first-order valence-corrected chi connectivity index (χ1v) is 6.36. The van der Waals surface area contributed by atoms with Gasteiger partial charge in [-0.05, 0) is 35.9 Å². The van der Waals surface area contributed by atoms with E-state index in [1.807, 2.05) is 24.3 Å². The van der Waals surface area contributed by atoms with Crippen molar-refractivity contribution in [2.75, 3.05) is 11.9 Å². The highest BCUT2D eigenvalue weighted by Crippen LogP contribution is 2.17. The number of phenolic OH excluding ortho intramolecular Hbond substituents is 1. The highest BCUT2D eigenvalue weighted by atomic mass is 16.3. The SMILES string of the molecule is CN(C(=O)/C(C#N)=C/c1ccc(O)cc1)c1ccccc1. The van der Waals surface area contributed by atoms with Gasteiger partial charge in [-0.3, -0.25) is 4.79 Å². The summed E-state index contributed by atoms with van der Waals surface area (Å²) < 4.78 is 0. The van der Waals surface area contributed by atoms with Crippen molar-refractivity contribution >= 4 is 17.7 Å². The largest absolute Gasteiger partial charge is 0.508 e. The van der Waals surface area contributed by atoms with Gasteiger partial charge in [0.05, 0.1) is 0 Å². The number of hydrogen-bond donors (Lipinski definition) is 1. The van der Waals surface area contributed by atoms with Crippen molar-refractivity contribution in [1.29, 1.82) is 5.26 Å². The number of carbonyl (C=O) groups excluding carboxylic acids is 1. The molecule has 0 heterocycles. The van der Waals surface area contributed by atoms with E-state index >= 15 is 0 Å². The molecule has 0 spiro atoms. The van der Waals surface area contributed by atoms with E-state index in [0.29, 0.717) is 11.3 Å². The predicted molar refractivity (Wildman–Crippen MR) is 81.5 cm³/mol. The summed E-state index contributed by atoms with van der Waals surface area (Å²) in [6, 6.07) is 17.3. The fourth-order valence-corrected chi connectivity index (χ4v) is 1.83. The van der Waals surface area contributed by atoms with E-state index in [0.717, 1.165) is 0 Å². The number of phenols is 1. The molecule has 0 fully saturated rings. The van der Waals surface area contributed by atoms with E-state index in [4.69, 9.17) is 0 Å². The molecule has 0 aliphatic rings. The van der Waals surface area contributed by atoms with E-state index in [9.17, 15) is 15.2 Å². The van der Waals surface area contributed by atoms with E-state index in [1.54, 1.807) is 31.3 Å². The number of anilines is 1. The topological polar surface area (TPSA) is 64.3 Å². The van der Waals surface area contributed by atoms with Crippen LogP contribution in [0, 0.1) is 11.3 Å². The molecule has 4 nitrogen and oxygen atoms in total. The molecule has 1 amide bonds. The van der Waals surface area contributed by atoms with E-state index in [-0.39, 0.29) is 17.2 Å². The molecule has 104 valence electrons. The van der Waals surface area contributed by atoms with Crippen LogP contribution in [-0.4, -0.2) is 18.1 Å². The zero-order valence-corrected chi connectivity index (χ0v) is 11.5. The molecule has 2 aromatic rings. The lowest BCUT2D eigenvalue weighted by Gasteiger charge is -2.16. The van der Waals surface area contributed by atoms with Gasteiger partial charge in [0.2, 0.25) is 0 Å². The first kappa shape index (κ1) is 14.4. The van der Waals surface area contributed by atoms with E-state index in [2.05, 4.69) is 0 Å². The molecule has 0 atom stereocenters. The van der Waals surface area contributed by atoms with E-state index < -0.39 is 0 Å². The highest BCUT2D eigenvalue weighted by Gasteiger charge is 2.15. The molecule has 21 heavy (non-hydrogen) atoms. The van der Waals surface area contributed by atoms with Crippen LogP contribution in [-0.2, 0) is 4.79 Å². The summed E-state index contributed by atoms with van der Waals surface area (Å²) in [5, 5.41) is 18.4. The van der Waals surface area contributed by atoms with Gasteiger partial charge in [0.1, 0.15) is 17.4 Å². The molecule has 0 radical (unpaired) electrons. The Hall–Kier alpha value is -3.06. The summed E-state index contributed by atoms with van der Waals surface area (Å²) in [6.45, 7) is 0. The Labute approximate surface area is 123 Å². The Morgan fingerprint density at radius 3 is 2.33 bits per heavy atom. The summed E-state index contributed by atoms with van der Waals surface area (Å²) in [5.74, 6) is -0.241. The molecule has 0 aliphatic heterocycles. The normalized spacial score (nSPS) is 10.8. The van der Waals surface area contributed by atoms with Gasteiger partial charge in [0.15, 0.2) is 0 Å². The number of likely N-dealkylation sites (N-methyl/N-ethyl adjacent to an activating group) is 1. The minimum Gasteiger partial charge on any atom is -0.508 e. The molecule has 0 saturated heterocycles. The van der Waals surface area contributed by atoms with Crippen LogP contribution in [0.4, 0.5) is 5.69 Å². The predicted octanol–water partition coefficient (Wildman–Crippen LogP) is 2.96. The van der Waals surface area contributed by atoms with Gasteiger partial charge in [-0.2, -0.15) is 5.26 Å². The number of aromatic hydroxyl groups is 1. The summed E-state index contributed by atoms with van der Waals surface area (Å²) in [7, 11) is 1.62. The van der Waals surface area contributed by atoms with Crippen molar-refractivity contribution in [3.8, 4) is 11.8 Å². The number of nitrogens with zero attached hydrogens (tertiary/aromatic N) is 2. The van der Waals surface area contributed by atoms with Crippen LogP contribution in [0.2, 0.25) is 0 Å². The van der Waals surface area contributed by atoms with Crippen LogP contribution < -0.4 is 4.90 Å². The molecule has 0 unspecified atom stereocenters. The number of amides is 1. The second-order valence-corrected chi connectivity index (χ2v) is 4.46. The van der Waals surface area contributed by atoms with E-state index in [1.165, 1.54) is 23.1 Å². The van der Waals surface area contributed by atoms with Crippen molar-refractivity contribution < 1.29 is 9.90 Å². The molecule has 0 aliphatic carbocycles. The van der Waals surface area contributed by atoms with Crippen LogP contribution in [0.15, 0.2) is 60.2 Å². The van der Waals surface area contributed by atoms with Crippen LogP contribution in [0.5, 0.6) is 5.75 Å². The smallest absolute Gasteiger partial charge is 0.268 e. The second-order valence-electron chi connectivity index (χ2n) is 4.46. The van der Waals surface area contributed by atoms with Gasteiger partial charge in [0.25, 0.3) is 5.91 Å². The van der Waals surface area contributed by atoms with Crippen LogP contribution in [0.25, 0.3) is 6.08 Å². The van der Waals surface area contributed by atoms with Crippen molar-refractivity contribution in [3.05, 3.63) is 65.7 Å². The van der Waals surface area contributed by atoms with Gasteiger partial charge in [-0.25, -0.2) is 0 Å². The second kappa shape index (κ2) is 6.40. The third kappa shape index (κ3) is 3.48. The van der Waals surface area contributed by atoms with Crippen molar-refractivity contribution in [2.24, 2.45) is 0 Å². The minimum absolute atomic E-state index is 0.0343. The molecule has 4 heteroatoms. The van der Waals surface area contributed by atoms with Gasteiger partial charge in [-0.1, -0.05) is 30.3 Å². The van der Waals surface area contributed by atoms with Gasteiger partial charge in [0, 0.05) is 12.7 Å². The maximum Gasteiger partial charge on any atom is 0.268 e. The van der Waals surface area contributed by atoms with Gasteiger partial charge >= 0.3 is 0 Å². The minimum atomic E-state index is -0.378. The first-order chi connectivity index (χ1) is 10.1. The van der Waals surface area contributed by atoms with Crippen molar-refractivity contribution in [3.63, 3.8) is 0 Å². The average Bonchev–Trinajstić information content (AvgIpc) is 2.54. The Morgan fingerprint density at radius 1 is 1.14 bits per heavy atom. The summed E-state index contributed by atoms with van der Waals surface area (Å²) in [4.78, 5) is 13.8. The summed E-state index contributed by atoms with van der Waals surface area (Å²) in [6.07, 6.45) is 1.50. The molecule has 0 bridgehead atoms. The fourth-order valence-electron chi connectivity index (χ4n) is 1.83. The third-order valence-corrected chi connectivity index (χ3v) is 3.00. The molecule has 2 aromatic carbocycles.